The molecule has 154 valence electrons. The summed E-state index contributed by atoms with van der Waals surface area (Å²) in [5.74, 6) is 0.0953. The number of rotatable bonds is 5. The van der Waals surface area contributed by atoms with Crippen LogP contribution in [-0.2, 0) is 9.59 Å². The predicted molar refractivity (Wildman–Crippen MR) is 126 cm³/mol. The first-order chi connectivity index (χ1) is 14.8. The molecule has 31 heavy (non-hydrogen) atoms. The smallest absolute Gasteiger partial charge is 0.338 e. The summed E-state index contributed by atoms with van der Waals surface area (Å²) in [6.07, 6.45) is 0. The fourth-order valence-electron chi connectivity index (χ4n) is 3.23. The van der Waals surface area contributed by atoms with E-state index in [9.17, 15) is 9.59 Å². The first-order valence-corrected chi connectivity index (χ1v) is 10.9. The number of carbonyl (C=O) groups is 2. The summed E-state index contributed by atoms with van der Waals surface area (Å²) in [5.41, 5.74) is 0.709. The average molecular weight is 430 g/mol. The van der Waals surface area contributed by atoms with E-state index in [4.69, 9.17) is 9.47 Å². The predicted octanol–water partition coefficient (Wildman–Crippen LogP) is 6.69. The Morgan fingerprint density at radius 2 is 1.26 bits per heavy atom. The van der Waals surface area contributed by atoms with Crippen LogP contribution in [0.4, 0.5) is 0 Å². The second kappa shape index (κ2) is 8.20. The molecule has 1 heterocycles. The van der Waals surface area contributed by atoms with Crippen molar-refractivity contribution in [3.05, 3.63) is 91.0 Å². The van der Waals surface area contributed by atoms with Gasteiger partial charge in [0.1, 0.15) is 11.5 Å². The third kappa shape index (κ3) is 4.00. The molecule has 1 aromatic heterocycles. The van der Waals surface area contributed by atoms with Crippen molar-refractivity contribution in [2.75, 3.05) is 0 Å². The van der Waals surface area contributed by atoms with Gasteiger partial charge in [-0.1, -0.05) is 25.3 Å². The van der Waals surface area contributed by atoms with E-state index in [2.05, 4.69) is 25.3 Å². The molecule has 0 spiro atoms. The van der Waals surface area contributed by atoms with Gasteiger partial charge in [-0.05, 0) is 50.2 Å². The molecule has 4 aromatic rings. The Labute approximate surface area is 183 Å². The minimum atomic E-state index is -0.441. The van der Waals surface area contributed by atoms with Gasteiger partial charge in [-0.3, -0.25) is 0 Å². The van der Waals surface area contributed by atoms with Crippen molar-refractivity contribution in [2.24, 2.45) is 0 Å². The number of hydrogen-bond donors (Lipinski definition) is 0. The molecule has 0 aliphatic carbocycles. The summed E-state index contributed by atoms with van der Waals surface area (Å²) in [7, 11) is -0.316. The molecule has 0 aliphatic rings. The number of fused-ring (bicyclic) bond motifs is 3. The monoisotopic (exact) mass is 429 g/mol. The number of carbonyl (C=O) groups excluding carboxylic acids is 2. The normalized spacial score (nSPS) is 11.4. The third-order valence-electron chi connectivity index (χ3n) is 4.75. The SMILES string of the molecule is C=C(C)C(=O)Oc1ccc(-[s+]2c3ccccc3c3cc(OC(=O)C(=C)C)ccc32)cc1. The molecule has 0 saturated carbocycles. The van der Waals surface area contributed by atoms with E-state index >= 15 is 0 Å². The van der Waals surface area contributed by atoms with E-state index < -0.39 is 11.9 Å². The second-order valence-electron chi connectivity index (χ2n) is 7.27. The maximum Gasteiger partial charge on any atom is 0.338 e. The zero-order chi connectivity index (χ0) is 22.1. The summed E-state index contributed by atoms with van der Waals surface area (Å²) in [5, 5.41) is 2.16. The molecule has 0 fully saturated rings. The Morgan fingerprint density at radius 3 is 1.90 bits per heavy atom. The molecular formula is C26H21O4S+. The van der Waals surface area contributed by atoms with Crippen LogP contribution in [0.25, 0.3) is 25.1 Å². The van der Waals surface area contributed by atoms with Crippen LogP contribution < -0.4 is 9.47 Å². The van der Waals surface area contributed by atoms with E-state index in [1.54, 1.807) is 26.0 Å². The Morgan fingerprint density at radius 1 is 0.710 bits per heavy atom. The van der Waals surface area contributed by atoms with Gasteiger partial charge in [0.15, 0.2) is 14.3 Å². The summed E-state index contributed by atoms with van der Waals surface area (Å²) in [6, 6.07) is 21.5. The minimum absolute atomic E-state index is 0.316. The van der Waals surface area contributed by atoms with Crippen molar-refractivity contribution in [3.63, 3.8) is 0 Å². The topological polar surface area (TPSA) is 52.6 Å². The maximum absolute atomic E-state index is 11.9. The third-order valence-corrected chi connectivity index (χ3v) is 7.08. The number of hydrogen-bond acceptors (Lipinski definition) is 4. The highest BCUT2D eigenvalue weighted by molar-refractivity contribution is 7.50. The summed E-state index contributed by atoms with van der Waals surface area (Å²) in [6.45, 7) is 10.5. The number of esters is 2. The highest BCUT2D eigenvalue weighted by atomic mass is 32.2. The van der Waals surface area contributed by atoms with Gasteiger partial charge in [-0.2, -0.15) is 0 Å². The van der Waals surface area contributed by atoms with Gasteiger partial charge >= 0.3 is 11.9 Å². The van der Waals surface area contributed by atoms with Gasteiger partial charge in [0.2, 0.25) is 0 Å². The van der Waals surface area contributed by atoms with Gasteiger partial charge in [0.25, 0.3) is 0 Å². The molecule has 0 aliphatic heterocycles. The van der Waals surface area contributed by atoms with E-state index in [1.165, 1.54) is 4.70 Å². The molecule has 0 N–H and O–H groups in total. The lowest BCUT2D eigenvalue weighted by Crippen LogP contribution is -2.07. The summed E-state index contributed by atoms with van der Waals surface area (Å²) in [4.78, 5) is 24.8. The first-order valence-electron chi connectivity index (χ1n) is 9.68. The Balaban J connectivity index is 1.80. The van der Waals surface area contributed by atoms with Crippen LogP contribution in [0.1, 0.15) is 13.8 Å². The molecule has 5 heteroatoms. The molecule has 3 aromatic carbocycles. The fraction of sp³-hybridized carbons (Fsp3) is 0.0769. The number of ether oxygens (including phenoxy) is 2. The number of thiophene rings is 1. The number of benzene rings is 3. The molecule has 0 bridgehead atoms. The molecule has 4 nitrogen and oxygen atoms in total. The fourth-order valence-corrected chi connectivity index (χ4v) is 5.59. The maximum atomic E-state index is 11.9. The van der Waals surface area contributed by atoms with E-state index in [0.29, 0.717) is 22.6 Å². The first kappa shape index (κ1) is 20.6. The van der Waals surface area contributed by atoms with E-state index in [0.717, 1.165) is 20.4 Å². The van der Waals surface area contributed by atoms with Gasteiger partial charge in [0, 0.05) is 45.2 Å². The molecule has 0 amide bonds. The van der Waals surface area contributed by atoms with E-state index in [1.807, 2.05) is 42.5 Å². The molecular weight excluding hydrogens is 408 g/mol. The van der Waals surface area contributed by atoms with Crippen LogP contribution in [0, 0.1) is 0 Å². The van der Waals surface area contributed by atoms with Crippen LogP contribution in [0.15, 0.2) is 91.0 Å². The quantitative estimate of drug-likeness (QED) is 0.153. The lowest BCUT2D eigenvalue weighted by molar-refractivity contribution is -0.130. The van der Waals surface area contributed by atoms with Crippen molar-refractivity contribution < 1.29 is 19.1 Å². The molecule has 1 atom stereocenters. The average Bonchev–Trinajstić information content (AvgIpc) is 3.08. The molecule has 4 rings (SSSR count). The van der Waals surface area contributed by atoms with Crippen molar-refractivity contribution >= 4 is 42.6 Å². The van der Waals surface area contributed by atoms with Crippen molar-refractivity contribution in [1.82, 2.24) is 0 Å². The lowest BCUT2D eigenvalue weighted by atomic mass is 10.1. The molecule has 0 saturated heterocycles. The Kier molecular flexibility index (Phi) is 5.44. The molecule has 1 unspecified atom stereocenters. The zero-order valence-electron chi connectivity index (χ0n) is 17.3. The van der Waals surface area contributed by atoms with Crippen molar-refractivity contribution in [1.29, 1.82) is 0 Å². The van der Waals surface area contributed by atoms with Gasteiger partial charge in [-0.15, -0.1) is 0 Å². The minimum Gasteiger partial charge on any atom is -0.423 e. The highest BCUT2D eigenvalue weighted by Crippen LogP contribution is 2.49. The summed E-state index contributed by atoms with van der Waals surface area (Å²) >= 11 is 0. The van der Waals surface area contributed by atoms with Gasteiger partial charge < -0.3 is 9.47 Å². The van der Waals surface area contributed by atoms with Crippen LogP contribution in [-0.4, -0.2) is 11.9 Å². The highest BCUT2D eigenvalue weighted by Gasteiger charge is 2.24. The van der Waals surface area contributed by atoms with Gasteiger partial charge in [0.05, 0.1) is 5.39 Å². The second-order valence-corrected chi connectivity index (χ2v) is 9.23. The van der Waals surface area contributed by atoms with Gasteiger partial charge in [-0.25, -0.2) is 9.59 Å². The van der Waals surface area contributed by atoms with Crippen LogP contribution >= 0.6 is 10.5 Å². The largest absolute Gasteiger partial charge is 0.423 e. The van der Waals surface area contributed by atoms with Crippen LogP contribution in [0.3, 0.4) is 0 Å². The summed E-state index contributed by atoms with van der Waals surface area (Å²) < 4.78 is 13.1. The zero-order valence-corrected chi connectivity index (χ0v) is 18.1. The van der Waals surface area contributed by atoms with E-state index in [-0.39, 0.29) is 10.5 Å². The Bertz CT molecular complexity index is 1360. The van der Waals surface area contributed by atoms with Crippen LogP contribution in [0.2, 0.25) is 0 Å². The van der Waals surface area contributed by atoms with Crippen molar-refractivity contribution in [3.8, 4) is 16.4 Å². The van der Waals surface area contributed by atoms with Crippen LogP contribution in [0.5, 0.6) is 11.5 Å². The molecule has 0 radical (unpaired) electrons. The van der Waals surface area contributed by atoms with Crippen molar-refractivity contribution in [2.45, 2.75) is 13.8 Å². The standard InChI is InChI=1S/C26H21O4S/c1-16(2)25(27)29-18-9-12-20(13-10-18)31-23-8-6-5-7-21(23)22-15-19(11-14-24(22)31)30-26(28)17(3)4/h5-15H,1,3H2,2,4H3/q+1. The lowest BCUT2D eigenvalue weighted by Gasteiger charge is -2.03. The Hall–Kier alpha value is -3.70.